The lowest BCUT2D eigenvalue weighted by atomic mass is 10.1. The molecule has 0 radical (unpaired) electrons. The lowest BCUT2D eigenvalue weighted by Gasteiger charge is -2.21. The van der Waals surface area contributed by atoms with Crippen LogP contribution in [-0.4, -0.2) is 23.3 Å². The minimum absolute atomic E-state index is 0.0578. The van der Waals surface area contributed by atoms with Gasteiger partial charge in [0, 0.05) is 24.7 Å². The molecule has 0 aliphatic rings. The van der Waals surface area contributed by atoms with Gasteiger partial charge in [0.25, 0.3) is 0 Å². The number of hydrogen-bond acceptors (Lipinski definition) is 2. The Morgan fingerprint density at radius 2 is 1.79 bits per heavy atom. The number of aryl methyl sites for hydroxylation is 1. The average molecular weight is 328 g/mol. The summed E-state index contributed by atoms with van der Waals surface area (Å²) in [6.45, 7) is 5.18. The van der Waals surface area contributed by atoms with E-state index in [0.29, 0.717) is 5.56 Å². The van der Waals surface area contributed by atoms with Gasteiger partial charge < -0.3 is 10.2 Å². The summed E-state index contributed by atoms with van der Waals surface area (Å²) in [5.74, 6) is -0.983. The van der Waals surface area contributed by atoms with E-state index in [-0.39, 0.29) is 24.9 Å². The van der Waals surface area contributed by atoms with Gasteiger partial charge in [-0.25, -0.2) is 4.39 Å². The Morgan fingerprint density at radius 1 is 1.08 bits per heavy atom. The number of nitrogens with zero attached hydrogens (tertiary/aromatic N) is 1. The van der Waals surface area contributed by atoms with E-state index in [1.807, 2.05) is 32.0 Å². The first-order valence-electron chi connectivity index (χ1n) is 7.73. The average Bonchev–Trinajstić information content (AvgIpc) is 2.53. The first-order valence-corrected chi connectivity index (χ1v) is 7.73. The first kappa shape index (κ1) is 17.7. The Kier molecular flexibility index (Phi) is 5.68. The molecule has 0 fully saturated rings. The van der Waals surface area contributed by atoms with Crippen molar-refractivity contribution in [2.45, 2.75) is 27.3 Å². The first-order chi connectivity index (χ1) is 11.4. The van der Waals surface area contributed by atoms with Crippen LogP contribution in [0.25, 0.3) is 0 Å². The molecule has 0 heterocycles. The third-order valence-electron chi connectivity index (χ3n) is 3.98. The van der Waals surface area contributed by atoms with Crippen LogP contribution in [0.2, 0.25) is 0 Å². The van der Waals surface area contributed by atoms with E-state index in [9.17, 15) is 14.0 Å². The minimum atomic E-state index is -0.390. The standard InChI is InChI=1S/C19H21FN2O2/c1-13-7-6-10-18(14(13)2)21-19(24)12-22(15(3)23)11-16-8-4-5-9-17(16)20/h4-10H,11-12H2,1-3H3,(H,21,24). The summed E-state index contributed by atoms with van der Waals surface area (Å²) in [5.41, 5.74) is 3.15. The molecular weight excluding hydrogens is 307 g/mol. The molecule has 0 aromatic heterocycles. The van der Waals surface area contributed by atoms with Crippen LogP contribution in [0.3, 0.4) is 0 Å². The fourth-order valence-electron chi connectivity index (χ4n) is 2.36. The van der Waals surface area contributed by atoms with Crippen LogP contribution in [0.1, 0.15) is 23.6 Å². The fraction of sp³-hybridized carbons (Fsp3) is 0.263. The number of carbonyl (C=O) groups is 2. The van der Waals surface area contributed by atoms with Crippen LogP contribution in [0, 0.1) is 19.7 Å². The topological polar surface area (TPSA) is 49.4 Å². The van der Waals surface area contributed by atoms with Gasteiger partial charge in [-0.3, -0.25) is 9.59 Å². The van der Waals surface area contributed by atoms with Crippen molar-refractivity contribution in [1.82, 2.24) is 4.90 Å². The third kappa shape index (κ3) is 4.41. The number of halogens is 1. The summed E-state index contributed by atoms with van der Waals surface area (Å²) in [6, 6.07) is 11.9. The Balaban J connectivity index is 2.07. The summed E-state index contributed by atoms with van der Waals surface area (Å²) in [5, 5.41) is 2.81. The normalized spacial score (nSPS) is 10.3. The van der Waals surface area contributed by atoms with Crippen LogP contribution in [0.5, 0.6) is 0 Å². The predicted octanol–water partition coefficient (Wildman–Crippen LogP) is 3.43. The molecule has 2 aromatic rings. The maximum absolute atomic E-state index is 13.8. The van der Waals surface area contributed by atoms with Crippen LogP contribution >= 0.6 is 0 Å². The second-order valence-corrected chi connectivity index (χ2v) is 5.76. The second kappa shape index (κ2) is 7.73. The molecule has 0 bridgehead atoms. The number of anilines is 1. The molecule has 0 spiro atoms. The SMILES string of the molecule is CC(=O)N(CC(=O)Nc1cccc(C)c1C)Cc1ccccc1F. The van der Waals surface area contributed by atoms with Crippen molar-refractivity contribution in [3.05, 3.63) is 65.0 Å². The molecule has 126 valence electrons. The highest BCUT2D eigenvalue weighted by molar-refractivity contribution is 5.95. The lowest BCUT2D eigenvalue weighted by molar-refractivity contribution is -0.133. The molecule has 4 nitrogen and oxygen atoms in total. The van der Waals surface area contributed by atoms with Crippen molar-refractivity contribution in [3.8, 4) is 0 Å². The summed E-state index contributed by atoms with van der Waals surface area (Å²) in [7, 11) is 0. The van der Waals surface area contributed by atoms with E-state index in [2.05, 4.69) is 5.32 Å². The van der Waals surface area contributed by atoms with E-state index in [1.165, 1.54) is 17.9 Å². The molecule has 0 saturated carbocycles. The maximum Gasteiger partial charge on any atom is 0.244 e. The molecule has 0 saturated heterocycles. The van der Waals surface area contributed by atoms with Gasteiger partial charge in [-0.1, -0.05) is 30.3 Å². The predicted molar refractivity (Wildman–Crippen MR) is 92.0 cm³/mol. The number of amides is 2. The van der Waals surface area contributed by atoms with Gasteiger partial charge in [-0.05, 0) is 37.1 Å². The van der Waals surface area contributed by atoms with Crippen molar-refractivity contribution < 1.29 is 14.0 Å². The van der Waals surface area contributed by atoms with Crippen molar-refractivity contribution in [1.29, 1.82) is 0 Å². The largest absolute Gasteiger partial charge is 0.329 e. The van der Waals surface area contributed by atoms with Gasteiger partial charge in [0.1, 0.15) is 12.4 Å². The highest BCUT2D eigenvalue weighted by Gasteiger charge is 2.16. The van der Waals surface area contributed by atoms with Crippen LogP contribution in [0.4, 0.5) is 10.1 Å². The molecule has 1 N–H and O–H groups in total. The summed E-state index contributed by atoms with van der Waals surface area (Å²) < 4.78 is 13.8. The zero-order valence-electron chi connectivity index (χ0n) is 14.1. The number of rotatable bonds is 5. The Bertz CT molecular complexity index is 759. The summed E-state index contributed by atoms with van der Waals surface area (Å²) >= 11 is 0. The van der Waals surface area contributed by atoms with E-state index in [1.54, 1.807) is 18.2 Å². The highest BCUT2D eigenvalue weighted by Crippen LogP contribution is 2.18. The van der Waals surface area contributed by atoms with Crippen molar-refractivity contribution >= 4 is 17.5 Å². The molecular formula is C19H21FN2O2. The van der Waals surface area contributed by atoms with Gasteiger partial charge in [0.05, 0.1) is 0 Å². The molecule has 2 aromatic carbocycles. The smallest absolute Gasteiger partial charge is 0.244 e. The third-order valence-corrected chi connectivity index (χ3v) is 3.98. The molecule has 5 heteroatoms. The maximum atomic E-state index is 13.8. The number of nitrogens with one attached hydrogen (secondary N) is 1. The molecule has 2 amide bonds. The molecule has 0 aliphatic carbocycles. The van der Waals surface area contributed by atoms with Crippen LogP contribution in [0.15, 0.2) is 42.5 Å². The zero-order chi connectivity index (χ0) is 17.7. The van der Waals surface area contributed by atoms with Gasteiger partial charge in [0.15, 0.2) is 0 Å². The molecule has 0 unspecified atom stereocenters. The molecule has 0 aliphatic heterocycles. The molecule has 0 atom stereocenters. The van der Waals surface area contributed by atoms with Crippen molar-refractivity contribution in [2.75, 3.05) is 11.9 Å². The monoisotopic (exact) mass is 328 g/mol. The Labute approximate surface area is 141 Å². The van der Waals surface area contributed by atoms with Gasteiger partial charge in [0.2, 0.25) is 11.8 Å². The Morgan fingerprint density at radius 3 is 2.46 bits per heavy atom. The van der Waals surface area contributed by atoms with E-state index >= 15 is 0 Å². The fourth-order valence-corrected chi connectivity index (χ4v) is 2.36. The lowest BCUT2D eigenvalue weighted by Crippen LogP contribution is -2.36. The van der Waals surface area contributed by atoms with E-state index in [4.69, 9.17) is 0 Å². The second-order valence-electron chi connectivity index (χ2n) is 5.76. The number of hydrogen-bond donors (Lipinski definition) is 1. The van der Waals surface area contributed by atoms with Crippen LogP contribution in [-0.2, 0) is 16.1 Å². The van der Waals surface area contributed by atoms with Crippen LogP contribution < -0.4 is 5.32 Å². The van der Waals surface area contributed by atoms with Gasteiger partial charge in [-0.2, -0.15) is 0 Å². The van der Waals surface area contributed by atoms with Gasteiger partial charge in [-0.15, -0.1) is 0 Å². The molecule has 2 rings (SSSR count). The van der Waals surface area contributed by atoms with Crippen molar-refractivity contribution in [3.63, 3.8) is 0 Å². The van der Waals surface area contributed by atoms with Crippen molar-refractivity contribution in [2.24, 2.45) is 0 Å². The highest BCUT2D eigenvalue weighted by atomic mass is 19.1. The van der Waals surface area contributed by atoms with Gasteiger partial charge >= 0.3 is 0 Å². The quantitative estimate of drug-likeness (QED) is 0.914. The Hall–Kier alpha value is -2.69. The van der Waals surface area contributed by atoms with E-state index < -0.39 is 5.82 Å². The van der Waals surface area contributed by atoms with E-state index in [0.717, 1.165) is 16.8 Å². The minimum Gasteiger partial charge on any atom is -0.329 e. The summed E-state index contributed by atoms with van der Waals surface area (Å²) in [4.78, 5) is 25.4. The number of benzene rings is 2. The summed E-state index contributed by atoms with van der Waals surface area (Å²) in [6.07, 6.45) is 0. The molecule has 24 heavy (non-hydrogen) atoms. The zero-order valence-corrected chi connectivity index (χ0v) is 14.1. The number of carbonyl (C=O) groups excluding carboxylic acids is 2.